The summed E-state index contributed by atoms with van der Waals surface area (Å²) < 4.78 is 13.3. The minimum absolute atomic E-state index is 0.166. The summed E-state index contributed by atoms with van der Waals surface area (Å²) in [4.78, 5) is 13.6. The fourth-order valence-corrected chi connectivity index (χ4v) is 2.70. The van der Waals surface area contributed by atoms with Crippen molar-refractivity contribution in [1.29, 1.82) is 0 Å². The average Bonchev–Trinajstić information content (AvgIpc) is 3.08. The lowest BCUT2D eigenvalue weighted by Crippen LogP contribution is -2.28. The van der Waals surface area contributed by atoms with Crippen LogP contribution in [0.15, 0.2) is 30.3 Å². The van der Waals surface area contributed by atoms with E-state index < -0.39 is 0 Å². The number of amides is 1. The molecule has 6 heteroatoms. The van der Waals surface area contributed by atoms with Gasteiger partial charge in [-0.05, 0) is 50.4 Å². The van der Waals surface area contributed by atoms with Gasteiger partial charge in [-0.1, -0.05) is 18.6 Å². The number of aromatic nitrogens is 2. The molecule has 136 valence electrons. The van der Waals surface area contributed by atoms with Crippen molar-refractivity contribution in [2.75, 3.05) is 20.1 Å². The van der Waals surface area contributed by atoms with Gasteiger partial charge >= 0.3 is 0 Å². The van der Waals surface area contributed by atoms with E-state index in [9.17, 15) is 9.18 Å². The van der Waals surface area contributed by atoms with E-state index in [0.717, 1.165) is 55.6 Å². The van der Waals surface area contributed by atoms with Gasteiger partial charge in [0.05, 0.1) is 5.69 Å². The second kappa shape index (κ2) is 9.93. The molecule has 25 heavy (non-hydrogen) atoms. The minimum Gasteiger partial charge on any atom is -0.346 e. The van der Waals surface area contributed by atoms with Crippen LogP contribution in [0.2, 0.25) is 0 Å². The Labute approximate surface area is 148 Å². The summed E-state index contributed by atoms with van der Waals surface area (Å²) in [7, 11) is 1.85. The zero-order chi connectivity index (χ0) is 18.1. The topological polar surface area (TPSA) is 75.0 Å². The Morgan fingerprint density at radius 1 is 1.24 bits per heavy atom. The van der Waals surface area contributed by atoms with E-state index in [1.54, 1.807) is 11.0 Å². The van der Waals surface area contributed by atoms with Gasteiger partial charge in [0, 0.05) is 31.3 Å². The fourth-order valence-electron chi connectivity index (χ4n) is 2.70. The number of nitrogens with one attached hydrogen (secondary N) is 1. The largest absolute Gasteiger partial charge is 0.346 e. The molecule has 1 heterocycles. The summed E-state index contributed by atoms with van der Waals surface area (Å²) in [6.45, 7) is 1.34. The number of hydrogen-bond acceptors (Lipinski definition) is 3. The van der Waals surface area contributed by atoms with Gasteiger partial charge in [0.25, 0.3) is 0 Å². The van der Waals surface area contributed by atoms with Crippen LogP contribution in [0.25, 0.3) is 11.3 Å². The van der Waals surface area contributed by atoms with Crippen molar-refractivity contribution >= 4 is 5.91 Å². The molecule has 0 bridgehead atoms. The molecule has 5 nitrogen and oxygen atoms in total. The molecule has 0 spiro atoms. The lowest BCUT2D eigenvalue weighted by molar-refractivity contribution is -0.130. The van der Waals surface area contributed by atoms with E-state index in [0.29, 0.717) is 13.0 Å². The first-order valence-corrected chi connectivity index (χ1v) is 8.84. The van der Waals surface area contributed by atoms with Crippen molar-refractivity contribution in [2.24, 2.45) is 5.73 Å². The van der Waals surface area contributed by atoms with Crippen molar-refractivity contribution in [1.82, 2.24) is 15.1 Å². The molecular weight excluding hydrogens is 319 g/mol. The predicted molar refractivity (Wildman–Crippen MR) is 97.5 cm³/mol. The van der Waals surface area contributed by atoms with Crippen molar-refractivity contribution in [3.8, 4) is 11.3 Å². The van der Waals surface area contributed by atoms with Gasteiger partial charge in [-0.15, -0.1) is 0 Å². The molecule has 0 unspecified atom stereocenters. The highest BCUT2D eigenvalue weighted by Crippen LogP contribution is 2.19. The number of carbonyl (C=O) groups excluding carboxylic acids is 1. The van der Waals surface area contributed by atoms with E-state index in [1.165, 1.54) is 12.1 Å². The predicted octanol–water partition coefficient (Wildman–Crippen LogP) is 3.13. The van der Waals surface area contributed by atoms with Crippen LogP contribution in [-0.2, 0) is 11.2 Å². The fraction of sp³-hybridized carbons (Fsp3) is 0.474. The lowest BCUT2D eigenvalue weighted by atomic mass is 10.1. The van der Waals surface area contributed by atoms with Gasteiger partial charge in [0.15, 0.2) is 0 Å². The summed E-state index contributed by atoms with van der Waals surface area (Å²) in [6.07, 6.45) is 5.22. The molecule has 0 saturated carbocycles. The first-order valence-electron chi connectivity index (χ1n) is 8.84. The Morgan fingerprint density at radius 2 is 2.08 bits per heavy atom. The quantitative estimate of drug-likeness (QED) is 0.649. The Kier molecular flexibility index (Phi) is 7.60. The van der Waals surface area contributed by atoms with Crippen LogP contribution in [0.5, 0.6) is 0 Å². The Hall–Kier alpha value is -2.21. The van der Waals surface area contributed by atoms with E-state index in [-0.39, 0.29) is 11.7 Å². The highest BCUT2D eigenvalue weighted by atomic mass is 19.1. The maximum atomic E-state index is 13.3. The van der Waals surface area contributed by atoms with E-state index in [2.05, 4.69) is 10.2 Å². The van der Waals surface area contributed by atoms with Gasteiger partial charge < -0.3 is 10.6 Å². The molecule has 0 aliphatic rings. The number of aromatic amines is 1. The summed E-state index contributed by atoms with van der Waals surface area (Å²) >= 11 is 0. The molecule has 1 aromatic heterocycles. The highest BCUT2D eigenvalue weighted by molar-refractivity contribution is 5.75. The van der Waals surface area contributed by atoms with E-state index in [4.69, 9.17) is 5.73 Å². The number of aryl methyl sites for hydroxylation is 1. The smallest absolute Gasteiger partial charge is 0.222 e. The van der Waals surface area contributed by atoms with Crippen molar-refractivity contribution < 1.29 is 9.18 Å². The van der Waals surface area contributed by atoms with Gasteiger partial charge in [-0.3, -0.25) is 9.89 Å². The van der Waals surface area contributed by atoms with Crippen LogP contribution >= 0.6 is 0 Å². The summed E-state index contributed by atoms with van der Waals surface area (Å²) in [6, 6.07) is 8.41. The van der Waals surface area contributed by atoms with Gasteiger partial charge in [-0.25, -0.2) is 4.39 Å². The first kappa shape index (κ1) is 19.1. The molecule has 1 aromatic carbocycles. The molecule has 1 amide bonds. The number of hydrogen-bond donors (Lipinski definition) is 2. The summed E-state index contributed by atoms with van der Waals surface area (Å²) in [5.41, 5.74) is 8.01. The van der Waals surface area contributed by atoms with Crippen molar-refractivity contribution in [2.45, 2.75) is 38.5 Å². The maximum absolute atomic E-state index is 13.3. The normalized spacial score (nSPS) is 10.8. The maximum Gasteiger partial charge on any atom is 0.222 e. The molecular formula is C19H27FN4O. The SMILES string of the molecule is CN(CCCCCc1cc(-c2cccc(F)c2)n[nH]1)C(=O)CCCN. The lowest BCUT2D eigenvalue weighted by Gasteiger charge is -2.16. The second-order valence-electron chi connectivity index (χ2n) is 6.31. The third-order valence-corrected chi connectivity index (χ3v) is 4.21. The van der Waals surface area contributed by atoms with Crippen molar-refractivity contribution in [3.63, 3.8) is 0 Å². The first-order chi connectivity index (χ1) is 12.1. The average molecular weight is 346 g/mol. The second-order valence-corrected chi connectivity index (χ2v) is 6.31. The monoisotopic (exact) mass is 346 g/mol. The van der Waals surface area contributed by atoms with Crippen LogP contribution in [0.3, 0.4) is 0 Å². The molecule has 0 aliphatic carbocycles. The van der Waals surface area contributed by atoms with Crippen LogP contribution in [0, 0.1) is 5.82 Å². The van der Waals surface area contributed by atoms with Crippen LogP contribution < -0.4 is 5.73 Å². The summed E-state index contributed by atoms with van der Waals surface area (Å²) in [5, 5.41) is 7.27. The third kappa shape index (κ3) is 6.31. The van der Waals surface area contributed by atoms with Gasteiger partial charge in [0.1, 0.15) is 5.82 Å². The number of H-pyrrole nitrogens is 1. The van der Waals surface area contributed by atoms with Crippen LogP contribution in [0.1, 0.15) is 37.8 Å². The number of carbonyl (C=O) groups is 1. The third-order valence-electron chi connectivity index (χ3n) is 4.21. The van der Waals surface area contributed by atoms with E-state index in [1.807, 2.05) is 19.2 Å². The molecule has 0 fully saturated rings. The van der Waals surface area contributed by atoms with Crippen LogP contribution in [-0.4, -0.2) is 41.1 Å². The minimum atomic E-state index is -0.257. The van der Waals surface area contributed by atoms with Gasteiger partial charge in [-0.2, -0.15) is 5.10 Å². The Balaban J connectivity index is 1.68. The standard InChI is InChI=1S/C19H27FN4O/c1-24(19(25)10-6-11-21)12-4-2-3-9-17-14-18(23-22-17)15-7-5-8-16(20)13-15/h5,7-8,13-14H,2-4,6,9-12,21H2,1H3,(H,22,23). The molecule has 0 radical (unpaired) electrons. The summed E-state index contributed by atoms with van der Waals surface area (Å²) in [5.74, 6) is -0.0917. The zero-order valence-electron chi connectivity index (χ0n) is 14.8. The zero-order valence-corrected chi connectivity index (χ0v) is 14.8. The molecule has 0 aliphatic heterocycles. The number of unbranched alkanes of at least 4 members (excludes halogenated alkanes) is 2. The van der Waals surface area contributed by atoms with Crippen molar-refractivity contribution in [3.05, 3.63) is 41.8 Å². The number of nitrogens with two attached hydrogens (primary N) is 1. The molecule has 2 rings (SSSR count). The number of benzene rings is 1. The van der Waals surface area contributed by atoms with Gasteiger partial charge in [0.2, 0.25) is 5.91 Å². The molecule has 3 N–H and O–H groups in total. The number of halogens is 1. The van der Waals surface area contributed by atoms with Crippen LogP contribution in [0.4, 0.5) is 4.39 Å². The highest BCUT2D eigenvalue weighted by Gasteiger charge is 2.08. The molecule has 2 aromatic rings. The Morgan fingerprint density at radius 3 is 2.84 bits per heavy atom. The molecule has 0 saturated heterocycles. The molecule has 0 atom stereocenters. The number of rotatable bonds is 10. The number of nitrogens with zero attached hydrogens (tertiary/aromatic N) is 2. The Bertz CT molecular complexity index is 671. The van der Waals surface area contributed by atoms with E-state index >= 15 is 0 Å².